The van der Waals surface area contributed by atoms with Crippen LogP contribution in [0.2, 0.25) is 0 Å². The van der Waals surface area contributed by atoms with Crippen molar-refractivity contribution in [2.45, 2.75) is 25.0 Å². The Morgan fingerprint density at radius 3 is 3.00 bits per heavy atom. The van der Waals surface area contributed by atoms with Crippen molar-refractivity contribution in [3.63, 3.8) is 0 Å². The summed E-state index contributed by atoms with van der Waals surface area (Å²) in [7, 11) is 1.28. The number of nitrogens with one attached hydrogen (secondary N) is 1. The lowest BCUT2D eigenvalue weighted by atomic mass is 10.1. The topological polar surface area (TPSA) is 67.8 Å². The van der Waals surface area contributed by atoms with Crippen molar-refractivity contribution in [1.29, 1.82) is 0 Å². The summed E-state index contributed by atoms with van der Waals surface area (Å²) in [4.78, 5) is 10.7. The summed E-state index contributed by atoms with van der Waals surface area (Å²) in [5, 5.41) is 12.1. The first-order valence-electron chi connectivity index (χ1n) is 4.34. The normalized spacial score (nSPS) is 28.2. The van der Waals surface area contributed by atoms with E-state index >= 15 is 0 Å². The summed E-state index contributed by atoms with van der Waals surface area (Å²) < 4.78 is 9.52. The smallest absolute Gasteiger partial charge is 0.407 e. The van der Waals surface area contributed by atoms with Gasteiger partial charge in [0.15, 0.2) is 5.79 Å². The Morgan fingerprint density at radius 1 is 1.69 bits per heavy atom. The van der Waals surface area contributed by atoms with Gasteiger partial charge in [-0.15, -0.1) is 0 Å². The fraction of sp³-hybridized carbons (Fsp3) is 0.875. The van der Waals surface area contributed by atoms with Crippen LogP contribution in [0.4, 0.5) is 4.79 Å². The minimum atomic E-state index is -1.20. The molecule has 5 heteroatoms. The number of ether oxygens (including phenoxy) is 2. The van der Waals surface area contributed by atoms with E-state index in [9.17, 15) is 9.90 Å². The van der Waals surface area contributed by atoms with Crippen LogP contribution in [0.25, 0.3) is 0 Å². The third kappa shape index (κ3) is 3.20. The summed E-state index contributed by atoms with van der Waals surface area (Å²) in [6.45, 7) is 0.624. The van der Waals surface area contributed by atoms with E-state index in [-0.39, 0.29) is 6.54 Å². The van der Waals surface area contributed by atoms with Crippen LogP contribution in [0.3, 0.4) is 0 Å². The van der Waals surface area contributed by atoms with Gasteiger partial charge in [-0.25, -0.2) is 4.79 Å². The summed E-state index contributed by atoms with van der Waals surface area (Å²) in [6, 6.07) is 0. The van der Waals surface area contributed by atoms with Gasteiger partial charge in [0.25, 0.3) is 0 Å². The molecule has 1 heterocycles. The van der Waals surface area contributed by atoms with Crippen molar-refractivity contribution in [3.8, 4) is 0 Å². The Morgan fingerprint density at radius 2 is 2.46 bits per heavy atom. The Labute approximate surface area is 77.0 Å². The van der Waals surface area contributed by atoms with Crippen LogP contribution in [0.5, 0.6) is 0 Å². The van der Waals surface area contributed by atoms with E-state index in [0.717, 1.165) is 12.8 Å². The Bertz CT molecular complexity index is 177. The molecule has 1 saturated heterocycles. The van der Waals surface area contributed by atoms with E-state index in [1.165, 1.54) is 7.11 Å². The lowest BCUT2D eigenvalue weighted by molar-refractivity contribution is -0.219. The van der Waals surface area contributed by atoms with Crippen LogP contribution >= 0.6 is 0 Å². The standard InChI is InChI=1S/C8H15NO4/c1-12-7(10)9-6-8(11)4-2-3-5-13-8/h11H,2-6H2,1H3,(H,9,10). The van der Waals surface area contributed by atoms with Crippen molar-refractivity contribution < 1.29 is 19.4 Å². The van der Waals surface area contributed by atoms with Gasteiger partial charge in [-0.05, 0) is 12.8 Å². The van der Waals surface area contributed by atoms with Crippen molar-refractivity contribution in [2.24, 2.45) is 0 Å². The van der Waals surface area contributed by atoms with Gasteiger partial charge in [0, 0.05) is 6.42 Å². The molecule has 0 radical (unpaired) electrons. The lowest BCUT2D eigenvalue weighted by Gasteiger charge is -2.31. The average molecular weight is 189 g/mol. The summed E-state index contributed by atoms with van der Waals surface area (Å²) in [5.74, 6) is -1.20. The summed E-state index contributed by atoms with van der Waals surface area (Å²) >= 11 is 0. The Hall–Kier alpha value is -0.810. The Kier molecular flexibility index (Phi) is 3.50. The second-order valence-corrected chi connectivity index (χ2v) is 3.10. The van der Waals surface area contributed by atoms with Gasteiger partial charge in [-0.2, -0.15) is 0 Å². The molecule has 0 aliphatic carbocycles. The first-order chi connectivity index (χ1) is 6.16. The lowest BCUT2D eigenvalue weighted by Crippen LogP contribution is -2.46. The second-order valence-electron chi connectivity index (χ2n) is 3.10. The zero-order valence-electron chi connectivity index (χ0n) is 7.71. The Balaban J connectivity index is 2.28. The first kappa shape index (κ1) is 10.3. The highest BCUT2D eigenvalue weighted by atomic mass is 16.6. The number of carbonyl (C=O) groups is 1. The highest BCUT2D eigenvalue weighted by Gasteiger charge is 2.30. The SMILES string of the molecule is COC(=O)NCC1(O)CCCCO1. The molecule has 13 heavy (non-hydrogen) atoms. The molecule has 1 atom stereocenters. The molecule has 0 aromatic carbocycles. The van der Waals surface area contributed by atoms with E-state index < -0.39 is 11.9 Å². The maximum atomic E-state index is 10.7. The molecule has 1 fully saturated rings. The van der Waals surface area contributed by atoms with Crippen molar-refractivity contribution in [1.82, 2.24) is 5.32 Å². The maximum absolute atomic E-state index is 10.7. The predicted molar refractivity (Wildman–Crippen MR) is 45.2 cm³/mol. The molecule has 76 valence electrons. The van der Waals surface area contributed by atoms with Crippen LogP contribution < -0.4 is 5.32 Å². The van der Waals surface area contributed by atoms with Gasteiger partial charge in [-0.1, -0.05) is 0 Å². The number of amides is 1. The van der Waals surface area contributed by atoms with Crippen LogP contribution in [0.1, 0.15) is 19.3 Å². The molecule has 0 aromatic rings. The molecule has 5 nitrogen and oxygen atoms in total. The summed E-state index contributed by atoms with van der Waals surface area (Å²) in [5.41, 5.74) is 0. The van der Waals surface area contributed by atoms with E-state index in [0.29, 0.717) is 13.0 Å². The van der Waals surface area contributed by atoms with Crippen LogP contribution in [-0.2, 0) is 9.47 Å². The highest BCUT2D eigenvalue weighted by molar-refractivity contribution is 5.66. The molecule has 0 aromatic heterocycles. The van der Waals surface area contributed by atoms with E-state index in [1.54, 1.807) is 0 Å². The fourth-order valence-corrected chi connectivity index (χ4v) is 1.26. The van der Waals surface area contributed by atoms with Gasteiger partial charge >= 0.3 is 6.09 Å². The van der Waals surface area contributed by atoms with Gasteiger partial charge in [-0.3, -0.25) is 0 Å². The van der Waals surface area contributed by atoms with Gasteiger partial charge < -0.3 is 19.9 Å². The van der Waals surface area contributed by atoms with E-state index in [2.05, 4.69) is 10.1 Å². The first-order valence-corrected chi connectivity index (χ1v) is 4.34. The number of aliphatic hydroxyl groups is 1. The monoisotopic (exact) mass is 189 g/mol. The van der Waals surface area contributed by atoms with Gasteiger partial charge in [0.2, 0.25) is 0 Å². The number of rotatable bonds is 2. The number of alkyl carbamates (subject to hydrolysis) is 1. The molecule has 1 amide bonds. The van der Waals surface area contributed by atoms with Crippen LogP contribution in [0, 0.1) is 0 Å². The molecule has 0 saturated carbocycles. The largest absolute Gasteiger partial charge is 0.453 e. The van der Waals surface area contributed by atoms with Crippen molar-refractivity contribution in [3.05, 3.63) is 0 Å². The molecule has 1 rings (SSSR count). The zero-order chi connectivity index (χ0) is 9.73. The van der Waals surface area contributed by atoms with Gasteiger partial charge in [0.1, 0.15) is 0 Å². The minimum Gasteiger partial charge on any atom is -0.453 e. The molecular weight excluding hydrogens is 174 g/mol. The molecule has 2 N–H and O–H groups in total. The molecule has 1 unspecified atom stereocenters. The number of methoxy groups -OCH3 is 1. The molecule has 0 spiro atoms. The average Bonchev–Trinajstić information content (AvgIpc) is 2.15. The fourth-order valence-electron chi connectivity index (χ4n) is 1.26. The number of hydrogen-bond donors (Lipinski definition) is 2. The predicted octanol–water partition coefficient (Wildman–Crippen LogP) is 0.231. The third-order valence-electron chi connectivity index (χ3n) is 2.03. The van der Waals surface area contributed by atoms with Crippen molar-refractivity contribution >= 4 is 6.09 Å². The van der Waals surface area contributed by atoms with Gasteiger partial charge in [0.05, 0.1) is 20.3 Å². The zero-order valence-corrected chi connectivity index (χ0v) is 7.71. The van der Waals surface area contributed by atoms with E-state index in [1.807, 2.05) is 0 Å². The third-order valence-corrected chi connectivity index (χ3v) is 2.03. The maximum Gasteiger partial charge on any atom is 0.407 e. The molecule has 1 aliphatic rings. The second kappa shape index (κ2) is 4.43. The van der Waals surface area contributed by atoms with Crippen molar-refractivity contribution in [2.75, 3.05) is 20.3 Å². The number of carbonyl (C=O) groups excluding carboxylic acids is 1. The number of hydrogen-bond acceptors (Lipinski definition) is 4. The quantitative estimate of drug-likeness (QED) is 0.652. The molecular formula is C8H15NO4. The van der Waals surface area contributed by atoms with Crippen LogP contribution in [-0.4, -0.2) is 37.2 Å². The molecule has 0 bridgehead atoms. The summed E-state index contributed by atoms with van der Waals surface area (Å²) in [6.07, 6.45) is 1.87. The minimum absolute atomic E-state index is 0.0830. The highest BCUT2D eigenvalue weighted by Crippen LogP contribution is 2.20. The van der Waals surface area contributed by atoms with Crippen LogP contribution in [0.15, 0.2) is 0 Å². The molecule has 1 aliphatic heterocycles. The van der Waals surface area contributed by atoms with E-state index in [4.69, 9.17) is 4.74 Å².